The number of para-hydroxylation sites is 2. The highest BCUT2D eigenvalue weighted by Gasteiger charge is 2.33. The van der Waals surface area contributed by atoms with Crippen molar-refractivity contribution in [3.63, 3.8) is 0 Å². The maximum atomic E-state index is 12.6. The minimum absolute atomic E-state index is 0.193. The Labute approximate surface area is 177 Å². The number of carbonyl (C=O) groups is 1. The minimum Gasteiger partial charge on any atom is -0.465 e. The molecule has 1 aliphatic heterocycles. The molecular formula is C20H22N2O6S2. The largest absolute Gasteiger partial charge is 0.465 e. The average Bonchev–Trinajstić information content (AvgIpc) is 3.40. The monoisotopic (exact) mass is 450 g/mol. The number of thiophene rings is 1. The van der Waals surface area contributed by atoms with Gasteiger partial charge in [0.05, 0.1) is 18.0 Å². The number of oxazole rings is 1. The number of fused-ring (bicyclic) bond motifs is 1. The van der Waals surface area contributed by atoms with Gasteiger partial charge in [0, 0.05) is 19.6 Å². The summed E-state index contributed by atoms with van der Waals surface area (Å²) in [5, 5.41) is 1.73. The Morgan fingerprint density at radius 3 is 2.67 bits per heavy atom. The van der Waals surface area contributed by atoms with Crippen LogP contribution in [0.5, 0.6) is 0 Å². The number of carbonyl (C=O) groups excluding carboxylic acids is 1. The first-order valence-corrected chi connectivity index (χ1v) is 12.1. The van der Waals surface area contributed by atoms with Gasteiger partial charge in [-0.2, -0.15) is 4.31 Å². The Morgan fingerprint density at radius 1 is 1.17 bits per heavy atom. The molecule has 3 aromatic rings. The number of rotatable bonds is 7. The fraction of sp³-hybridized carbons (Fsp3) is 0.400. The van der Waals surface area contributed by atoms with E-state index in [1.54, 1.807) is 29.6 Å². The summed E-state index contributed by atoms with van der Waals surface area (Å²) in [7, 11) is -3.48. The molecule has 0 atom stereocenters. The van der Waals surface area contributed by atoms with Crippen LogP contribution in [-0.2, 0) is 26.1 Å². The first-order chi connectivity index (χ1) is 14.5. The van der Waals surface area contributed by atoms with Crippen LogP contribution >= 0.6 is 11.3 Å². The second kappa shape index (κ2) is 8.75. The topological polar surface area (TPSA) is 98.8 Å². The van der Waals surface area contributed by atoms with Crippen molar-refractivity contribution in [2.75, 3.05) is 19.7 Å². The normalized spacial score (nSPS) is 16.1. The number of sulfonamides is 1. The summed E-state index contributed by atoms with van der Waals surface area (Å²) in [6.45, 7) is 1.19. The Balaban J connectivity index is 1.25. The van der Waals surface area contributed by atoms with Gasteiger partial charge in [0.1, 0.15) is 4.21 Å². The van der Waals surface area contributed by atoms with Crippen LogP contribution in [0.4, 0.5) is 0 Å². The summed E-state index contributed by atoms with van der Waals surface area (Å²) in [6, 6.07) is 10.5. The molecule has 10 heteroatoms. The van der Waals surface area contributed by atoms with E-state index < -0.39 is 15.8 Å². The molecule has 0 aliphatic carbocycles. The molecule has 30 heavy (non-hydrogen) atoms. The highest BCUT2D eigenvalue weighted by Crippen LogP contribution is 2.26. The lowest BCUT2D eigenvalue weighted by Gasteiger charge is -2.29. The first-order valence-electron chi connectivity index (χ1n) is 9.75. The van der Waals surface area contributed by atoms with Gasteiger partial charge in [-0.3, -0.25) is 9.36 Å². The van der Waals surface area contributed by atoms with Crippen LogP contribution in [-0.4, -0.2) is 43.0 Å². The summed E-state index contributed by atoms with van der Waals surface area (Å²) < 4.78 is 38.9. The van der Waals surface area contributed by atoms with Crippen LogP contribution in [0, 0.1) is 5.92 Å². The van der Waals surface area contributed by atoms with Gasteiger partial charge in [-0.15, -0.1) is 11.3 Å². The van der Waals surface area contributed by atoms with Crippen LogP contribution in [0.3, 0.4) is 0 Å². The highest BCUT2D eigenvalue weighted by atomic mass is 32.2. The molecule has 1 aromatic carbocycles. The van der Waals surface area contributed by atoms with Gasteiger partial charge >= 0.3 is 11.7 Å². The zero-order chi connectivity index (χ0) is 21.1. The summed E-state index contributed by atoms with van der Waals surface area (Å²) in [5.74, 6) is -1.05. The SMILES string of the molecule is O=C(OCCCn1c(=O)oc2ccccc21)C1CCN(S(=O)(=O)c2cccs2)CC1. The van der Waals surface area contributed by atoms with Gasteiger partial charge in [-0.05, 0) is 42.8 Å². The van der Waals surface area contributed by atoms with Gasteiger partial charge in [-0.1, -0.05) is 18.2 Å². The standard InChI is InChI=1S/C20H22N2O6S2/c23-19(15-8-11-21(12-9-15)30(25,26)18-7-3-14-29-18)27-13-4-10-22-16-5-1-2-6-17(16)28-20(22)24/h1-3,5-7,14-15H,4,8-13H2. The van der Waals surface area contributed by atoms with E-state index in [1.807, 2.05) is 12.1 Å². The minimum atomic E-state index is -3.48. The number of hydrogen-bond acceptors (Lipinski definition) is 7. The second-order valence-corrected chi connectivity index (χ2v) is 10.2. The van der Waals surface area contributed by atoms with Crippen LogP contribution in [0.2, 0.25) is 0 Å². The molecule has 0 spiro atoms. The Kier molecular flexibility index (Phi) is 6.07. The number of piperidine rings is 1. The van der Waals surface area contributed by atoms with Crippen LogP contribution < -0.4 is 5.76 Å². The van der Waals surface area contributed by atoms with Crippen LogP contribution in [0.15, 0.2) is 55.2 Å². The van der Waals surface area contributed by atoms with E-state index in [9.17, 15) is 18.0 Å². The van der Waals surface area contributed by atoms with Crippen molar-refractivity contribution in [1.29, 1.82) is 0 Å². The van der Waals surface area contributed by atoms with Gasteiger partial charge in [0.15, 0.2) is 5.58 Å². The number of esters is 1. The summed E-state index contributed by atoms with van der Waals surface area (Å²) in [5.41, 5.74) is 1.25. The zero-order valence-electron chi connectivity index (χ0n) is 16.2. The predicted octanol–water partition coefficient (Wildman–Crippen LogP) is 2.69. The maximum absolute atomic E-state index is 12.6. The smallest absolute Gasteiger partial charge is 0.419 e. The summed E-state index contributed by atoms with van der Waals surface area (Å²) >= 11 is 1.19. The first kappa shape index (κ1) is 20.8. The molecule has 0 amide bonds. The van der Waals surface area contributed by atoms with E-state index in [0.29, 0.717) is 54.2 Å². The summed E-state index contributed by atoms with van der Waals surface area (Å²) in [6.07, 6.45) is 1.37. The van der Waals surface area contributed by atoms with Crippen molar-refractivity contribution in [2.45, 2.75) is 30.0 Å². The van der Waals surface area contributed by atoms with E-state index in [2.05, 4.69) is 0 Å². The molecule has 160 valence electrons. The molecule has 0 radical (unpaired) electrons. The Hall–Kier alpha value is -2.43. The predicted molar refractivity (Wildman–Crippen MR) is 112 cm³/mol. The van der Waals surface area contributed by atoms with Crippen molar-refractivity contribution < 1.29 is 22.4 Å². The summed E-state index contributed by atoms with van der Waals surface area (Å²) in [4.78, 5) is 24.3. The molecular weight excluding hydrogens is 428 g/mol. The van der Waals surface area contributed by atoms with E-state index in [-0.39, 0.29) is 18.5 Å². The molecule has 0 unspecified atom stereocenters. The molecule has 2 aromatic heterocycles. The Morgan fingerprint density at radius 2 is 1.93 bits per heavy atom. The molecule has 1 aliphatic rings. The molecule has 1 saturated heterocycles. The molecule has 4 rings (SSSR count). The lowest BCUT2D eigenvalue weighted by Crippen LogP contribution is -2.40. The fourth-order valence-corrected chi connectivity index (χ4v) is 6.22. The van der Waals surface area contributed by atoms with E-state index in [4.69, 9.17) is 9.15 Å². The zero-order valence-corrected chi connectivity index (χ0v) is 17.9. The number of aromatic nitrogens is 1. The second-order valence-electron chi connectivity index (χ2n) is 7.12. The van der Waals surface area contributed by atoms with Crippen molar-refractivity contribution in [2.24, 2.45) is 5.92 Å². The van der Waals surface area contributed by atoms with Crippen molar-refractivity contribution in [3.8, 4) is 0 Å². The lowest BCUT2D eigenvalue weighted by molar-refractivity contribution is -0.150. The molecule has 0 bridgehead atoms. The van der Waals surface area contributed by atoms with Gasteiger partial charge in [0.25, 0.3) is 10.0 Å². The molecule has 8 nitrogen and oxygen atoms in total. The van der Waals surface area contributed by atoms with Gasteiger partial charge in [-0.25, -0.2) is 13.2 Å². The number of hydrogen-bond donors (Lipinski definition) is 0. The third-order valence-electron chi connectivity index (χ3n) is 5.22. The van der Waals surface area contributed by atoms with Crippen LogP contribution in [0.25, 0.3) is 11.1 Å². The Bertz CT molecular complexity index is 1170. The molecule has 0 N–H and O–H groups in total. The number of ether oxygens (including phenoxy) is 1. The lowest BCUT2D eigenvalue weighted by atomic mass is 9.98. The van der Waals surface area contributed by atoms with Crippen molar-refractivity contribution in [1.82, 2.24) is 8.87 Å². The third-order valence-corrected chi connectivity index (χ3v) is 8.49. The van der Waals surface area contributed by atoms with Crippen molar-refractivity contribution in [3.05, 3.63) is 52.3 Å². The van der Waals surface area contributed by atoms with Crippen molar-refractivity contribution >= 4 is 38.4 Å². The van der Waals surface area contributed by atoms with Gasteiger partial charge in [0.2, 0.25) is 0 Å². The number of nitrogens with zero attached hydrogens (tertiary/aromatic N) is 2. The van der Waals surface area contributed by atoms with Crippen LogP contribution in [0.1, 0.15) is 19.3 Å². The maximum Gasteiger partial charge on any atom is 0.419 e. The molecule has 0 saturated carbocycles. The highest BCUT2D eigenvalue weighted by molar-refractivity contribution is 7.91. The molecule has 3 heterocycles. The van der Waals surface area contributed by atoms with Gasteiger partial charge < -0.3 is 9.15 Å². The third kappa shape index (κ3) is 4.21. The number of benzene rings is 1. The van der Waals surface area contributed by atoms with E-state index >= 15 is 0 Å². The van der Waals surface area contributed by atoms with E-state index in [0.717, 1.165) is 0 Å². The van der Waals surface area contributed by atoms with E-state index in [1.165, 1.54) is 20.2 Å². The average molecular weight is 451 g/mol. The fourth-order valence-electron chi connectivity index (χ4n) is 3.61. The quantitative estimate of drug-likeness (QED) is 0.405. The molecule has 1 fully saturated rings. The number of aryl methyl sites for hydroxylation is 1.